The number of aromatic nitrogens is 1. The number of sulfonamides is 1. The van der Waals surface area contributed by atoms with E-state index in [1.54, 1.807) is 11.4 Å². The van der Waals surface area contributed by atoms with Crippen molar-refractivity contribution < 1.29 is 22.0 Å². The molecule has 1 unspecified atom stereocenters. The van der Waals surface area contributed by atoms with Crippen LogP contribution in [0, 0.1) is 24.0 Å². The van der Waals surface area contributed by atoms with Crippen molar-refractivity contribution in [3.05, 3.63) is 46.1 Å². The molecular weight excluding hydrogens is 464 g/mol. The molecule has 6 nitrogen and oxygen atoms in total. The van der Waals surface area contributed by atoms with Crippen LogP contribution in [0.15, 0.2) is 38.8 Å². The Balaban J connectivity index is 1.79. The van der Waals surface area contributed by atoms with Gasteiger partial charge in [0.05, 0.1) is 16.8 Å². The zero-order chi connectivity index (χ0) is 22.2. The molecule has 1 aliphatic rings. The van der Waals surface area contributed by atoms with E-state index < -0.39 is 33.6 Å². The Morgan fingerprint density at radius 2 is 2.13 bits per heavy atom. The third kappa shape index (κ3) is 4.08. The van der Waals surface area contributed by atoms with Crippen molar-refractivity contribution in [1.29, 1.82) is 0 Å². The van der Waals surface area contributed by atoms with Gasteiger partial charge in [0.2, 0.25) is 0 Å². The highest BCUT2D eigenvalue weighted by molar-refractivity contribution is 7.91. The molecule has 0 aliphatic carbocycles. The van der Waals surface area contributed by atoms with Crippen LogP contribution in [0.3, 0.4) is 0 Å². The highest BCUT2D eigenvalue weighted by atomic mass is 32.2. The minimum Gasteiger partial charge on any atom is -0.302 e. The summed E-state index contributed by atoms with van der Waals surface area (Å²) in [6, 6.07) is 4.05. The fraction of sp³-hybridized carbons (Fsp3) is 0.300. The maximum absolute atomic E-state index is 14.4. The van der Waals surface area contributed by atoms with Crippen LogP contribution < -0.4 is 4.80 Å². The lowest BCUT2D eigenvalue weighted by Crippen LogP contribution is -2.47. The minimum absolute atomic E-state index is 0.0580. The summed E-state index contributed by atoms with van der Waals surface area (Å²) in [6.45, 7) is 0.138. The summed E-state index contributed by atoms with van der Waals surface area (Å²) >= 11 is 2.01. The summed E-state index contributed by atoms with van der Waals surface area (Å²) in [7, 11) is -3.84. The second kappa shape index (κ2) is 8.63. The van der Waals surface area contributed by atoms with Crippen LogP contribution in [0.5, 0.6) is 0 Å². The molecular formula is C20H17F2N3O3S3. The van der Waals surface area contributed by atoms with Gasteiger partial charge in [-0.15, -0.1) is 17.8 Å². The van der Waals surface area contributed by atoms with Gasteiger partial charge in [-0.3, -0.25) is 4.79 Å². The number of piperidine rings is 1. The van der Waals surface area contributed by atoms with Crippen molar-refractivity contribution >= 4 is 48.8 Å². The van der Waals surface area contributed by atoms with E-state index in [-0.39, 0.29) is 32.3 Å². The average Bonchev–Trinajstić information content (AvgIpc) is 3.38. The topological polar surface area (TPSA) is 71.7 Å². The second-order valence-electron chi connectivity index (χ2n) is 6.92. The molecule has 3 heterocycles. The smallest absolute Gasteiger partial charge is 0.266 e. The number of carbonyl (C=O) groups excluding carboxylic acids is 1. The SMILES string of the molecule is C#CCn1c(=NC(=O)C2CCCCN2S(=O)(=O)c2cccs2)sc2cc(F)cc(F)c21. The summed E-state index contributed by atoms with van der Waals surface area (Å²) < 4.78 is 57.0. The average molecular weight is 482 g/mol. The largest absolute Gasteiger partial charge is 0.302 e. The first-order chi connectivity index (χ1) is 14.8. The van der Waals surface area contributed by atoms with E-state index in [1.807, 2.05) is 0 Å². The Morgan fingerprint density at radius 3 is 2.84 bits per heavy atom. The van der Waals surface area contributed by atoms with Crippen LogP contribution in [-0.2, 0) is 21.4 Å². The van der Waals surface area contributed by atoms with Crippen LogP contribution in [0.2, 0.25) is 0 Å². The zero-order valence-corrected chi connectivity index (χ0v) is 18.6. The Kier molecular flexibility index (Phi) is 6.07. The molecule has 162 valence electrons. The molecule has 0 N–H and O–H groups in total. The number of carbonyl (C=O) groups is 1. The Labute approximate surface area is 185 Å². The van der Waals surface area contributed by atoms with Gasteiger partial charge < -0.3 is 4.57 Å². The Morgan fingerprint density at radius 1 is 1.32 bits per heavy atom. The highest BCUT2D eigenvalue weighted by Gasteiger charge is 2.38. The van der Waals surface area contributed by atoms with Gasteiger partial charge in [0.1, 0.15) is 16.1 Å². The summed E-state index contributed by atoms with van der Waals surface area (Å²) in [4.78, 5) is 17.3. The molecule has 3 aromatic rings. The van der Waals surface area contributed by atoms with E-state index in [0.717, 1.165) is 34.8 Å². The normalized spacial score (nSPS) is 18.4. The number of benzene rings is 1. The molecule has 4 rings (SSSR count). The maximum Gasteiger partial charge on any atom is 0.266 e. The van der Waals surface area contributed by atoms with Gasteiger partial charge in [0, 0.05) is 12.6 Å². The van der Waals surface area contributed by atoms with Crippen LogP contribution >= 0.6 is 22.7 Å². The Bertz CT molecular complexity index is 1350. The third-order valence-corrected chi connectivity index (χ3v) is 9.25. The summed E-state index contributed by atoms with van der Waals surface area (Å²) in [5.41, 5.74) is 0.0580. The van der Waals surface area contributed by atoms with E-state index in [9.17, 15) is 22.0 Å². The van der Waals surface area contributed by atoms with E-state index >= 15 is 0 Å². The number of rotatable bonds is 4. The quantitative estimate of drug-likeness (QED) is 0.537. The number of amides is 1. The second-order valence-corrected chi connectivity index (χ2v) is 11.0. The fourth-order valence-corrected chi connectivity index (χ4v) is 7.43. The zero-order valence-electron chi connectivity index (χ0n) is 16.1. The molecule has 1 fully saturated rings. The number of nitrogens with zero attached hydrogens (tertiary/aromatic N) is 3. The standard InChI is InChI=1S/C20H17F2N3O3S3/c1-2-8-24-18-14(22)11-13(21)12-16(18)30-20(24)23-19(26)15-6-3-4-9-25(15)31(27,28)17-7-5-10-29-17/h1,5,7,10-12,15H,3-4,6,8-9H2. The first-order valence-electron chi connectivity index (χ1n) is 9.38. The van der Waals surface area contributed by atoms with Gasteiger partial charge in [-0.25, -0.2) is 17.2 Å². The first kappa shape index (κ1) is 21.8. The highest BCUT2D eigenvalue weighted by Crippen LogP contribution is 2.29. The van der Waals surface area contributed by atoms with Crippen molar-refractivity contribution in [1.82, 2.24) is 8.87 Å². The van der Waals surface area contributed by atoms with Crippen LogP contribution in [-0.4, -0.2) is 35.8 Å². The van der Waals surface area contributed by atoms with E-state index in [4.69, 9.17) is 6.42 Å². The van der Waals surface area contributed by atoms with Crippen molar-refractivity contribution in [2.24, 2.45) is 4.99 Å². The first-order valence-corrected chi connectivity index (χ1v) is 12.5. The van der Waals surface area contributed by atoms with Crippen molar-refractivity contribution in [2.45, 2.75) is 36.1 Å². The molecule has 1 aromatic carbocycles. The fourth-order valence-electron chi connectivity index (χ4n) is 3.59. The van der Waals surface area contributed by atoms with Crippen LogP contribution in [0.1, 0.15) is 19.3 Å². The van der Waals surface area contributed by atoms with Gasteiger partial charge in [0.15, 0.2) is 10.6 Å². The van der Waals surface area contributed by atoms with Crippen molar-refractivity contribution in [3.63, 3.8) is 0 Å². The summed E-state index contributed by atoms with van der Waals surface area (Å²) in [5.74, 6) is 0.165. The molecule has 11 heteroatoms. The van der Waals surface area contributed by atoms with E-state index in [1.165, 1.54) is 14.9 Å². The molecule has 0 saturated carbocycles. The molecule has 31 heavy (non-hydrogen) atoms. The van der Waals surface area contributed by atoms with Gasteiger partial charge >= 0.3 is 0 Å². The number of hydrogen-bond donors (Lipinski definition) is 0. The van der Waals surface area contributed by atoms with Gasteiger partial charge in [-0.1, -0.05) is 29.7 Å². The lowest BCUT2D eigenvalue weighted by molar-refractivity contribution is -0.122. The number of thiophene rings is 1. The molecule has 2 aromatic heterocycles. The summed E-state index contributed by atoms with van der Waals surface area (Å²) in [5, 5.41) is 1.66. The van der Waals surface area contributed by atoms with Crippen LogP contribution in [0.25, 0.3) is 10.2 Å². The number of halogens is 2. The molecule has 1 aliphatic heterocycles. The molecule has 0 radical (unpaired) electrons. The summed E-state index contributed by atoms with van der Waals surface area (Å²) in [6.07, 6.45) is 7.04. The monoisotopic (exact) mass is 481 g/mol. The lowest BCUT2D eigenvalue weighted by atomic mass is 10.0. The number of terminal acetylenes is 1. The molecule has 0 spiro atoms. The Hall–Kier alpha value is -2.39. The maximum atomic E-state index is 14.4. The van der Waals surface area contributed by atoms with E-state index in [0.29, 0.717) is 19.3 Å². The minimum atomic E-state index is -3.84. The predicted molar refractivity (Wildman–Crippen MR) is 115 cm³/mol. The third-order valence-electron chi connectivity index (χ3n) is 4.95. The predicted octanol–water partition coefficient (Wildman–Crippen LogP) is 3.35. The molecule has 1 atom stereocenters. The van der Waals surface area contributed by atoms with Gasteiger partial charge in [0.25, 0.3) is 15.9 Å². The molecule has 1 saturated heterocycles. The number of hydrogen-bond acceptors (Lipinski definition) is 5. The van der Waals surface area contributed by atoms with Crippen molar-refractivity contribution in [2.75, 3.05) is 6.54 Å². The van der Waals surface area contributed by atoms with E-state index in [2.05, 4.69) is 10.9 Å². The van der Waals surface area contributed by atoms with Crippen LogP contribution in [0.4, 0.5) is 8.78 Å². The molecule has 1 amide bonds. The number of thiazole rings is 1. The van der Waals surface area contributed by atoms with Gasteiger partial charge in [-0.05, 0) is 30.4 Å². The van der Waals surface area contributed by atoms with Gasteiger partial charge in [-0.2, -0.15) is 9.30 Å². The number of fused-ring (bicyclic) bond motifs is 1. The molecule has 0 bridgehead atoms. The van der Waals surface area contributed by atoms with Crippen molar-refractivity contribution in [3.8, 4) is 12.3 Å². The lowest BCUT2D eigenvalue weighted by Gasteiger charge is -2.31.